The van der Waals surface area contributed by atoms with Crippen LogP contribution in [0.5, 0.6) is 0 Å². The number of amides is 2. The minimum absolute atomic E-state index is 0.0513. The van der Waals surface area contributed by atoms with Crippen molar-refractivity contribution >= 4 is 46.4 Å². The zero-order chi connectivity index (χ0) is 19.8. The van der Waals surface area contributed by atoms with Crippen LogP contribution in [0.3, 0.4) is 0 Å². The second-order valence-electron chi connectivity index (χ2n) is 7.50. The first kappa shape index (κ1) is 19.6. The molecule has 1 aliphatic heterocycles. The Hall–Kier alpha value is -1.73. The number of anilines is 1. The van der Waals surface area contributed by atoms with Gasteiger partial charge in [0.15, 0.2) is 0 Å². The molecule has 0 unspecified atom stereocenters. The fourth-order valence-corrected chi connectivity index (χ4v) is 5.49. The normalized spacial score (nSPS) is 20.7. The van der Waals surface area contributed by atoms with Gasteiger partial charge in [0.05, 0.1) is 11.4 Å². The van der Waals surface area contributed by atoms with Crippen molar-refractivity contribution in [2.45, 2.75) is 70.3 Å². The van der Waals surface area contributed by atoms with Crippen molar-refractivity contribution in [2.24, 2.45) is 0 Å². The molecule has 0 bridgehead atoms. The average molecular weight is 426 g/mol. The Labute approximate surface area is 171 Å². The third kappa shape index (κ3) is 3.50. The lowest BCUT2D eigenvalue weighted by Gasteiger charge is -2.21. The van der Waals surface area contributed by atoms with Crippen molar-refractivity contribution in [2.75, 3.05) is 4.90 Å². The van der Waals surface area contributed by atoms with Crippen LogP contribution in [0.2, 0.25) is 5.02 Å². The lowest BCUT2D eigenvalue weighted by atomic mass is 9.93. The van der Waals surface area contributed by atoms with Crippen molar-refractivity contribution < 1.29 is 23.5 Å². The number of thiophene rings is 1. The number of ether oxygens (including phenoxy) is 1. The number of carbonyl (C=O) groups is 3. The topological polar surface area (TPSA) is 63.7 Å². The maximum absolute atomic E-state index is 14.7. The van der Waals surface area contributed by atoms with E-state index in [4.69, 9.17) is 16.3 Å². The first-order chi connectivity index (χ1) is 13.5. The molecule has 28 heavy (non-hydrogen) atoms. The van der Waals surface area contributed by atoms with Crippen LogP contribution in [0.4, 0.5) is 10.1 Å². The van der Waals surface area contributed by atoms with Gasteiger partial charge in [0, 0.05) is 16.0 Å². The summed E-state index contributed by atoms with van der Waals surface area (Å²) >= 11 is 7.01. The Morgan fingerprint density at radius 1 is 1.07 bits per heavy atom. The number of hydrogen-bond donors (Lipinski definition) is 0. The van der Waals surface area contributed by atoms with E-state index in [0.717, 1.165) is 49.8 Å². The number of hydrogen-bond acceptors (Lipinski definition) is 5. The third-order valence-corrected chi connectivity index (χ3v) is 7.11. The molecule has 1 aromatic heterocycles. The number of carbonyl (C=O) groups excluding carboxylic acids is 3. The Morgan fingerprint density at radius 3 is 2.29 bits per heavy atom. The molecular formula is C20H21ClFNO4S. The fourth-order valence-electron chi connectivity index (χ4n) is 4.20. The van der Waals surface area contributed by atoms with Crippen molar-refractivity contribution in [1.82, 2.24) is 0 Å². The van der Waals surface area contributed by atoms with Crippen LogP contribution in [0.25, 0.3) is 0 Å². The lowest BCUT2D eigenvalue weighted by Crippen LogP contribution is -2.32. The minimum Gasteiger partial charge on any atom is -0.462 e. The van der Waals surface area contributed by atoms with Crippen LogP contribution in [0.15, 0.2) is 11.1 Å². The summed E-state index contributed by atoms with van der Waals surface area (Å²) in [4.78, 5) is 38.7. The van der Waals surface area contributed by atoms with Gasteiger partial charge in [0.1, 0.15) is 11.8 Å². The van der Waals surface area contributed by atoms with E-state index in [1.54, 1.807) is 0 Å². The summed E-state index contributed by atoms with van der Waals surface area (Å²) in [7, 11) is 0. The van der Waals surface area contributed by atoms with Crippen LogP contribution < -0.4 is 4.90 Å². The fraction of sp³-hybridized carbons (Fsp3) is 0.550. The smallest absolute Gasteiger partial charge is 0.311 e. The average Bonchev–Trinajstić information content (AvgIpc) is 3.09. The molecule has 1 aromatic rings. The SMILES string of the molecule is O=C(Cc1sc(F)c(N2C(=O)C3=C(CCCC3)C2=O)c1Cl)OC1CCCCC1. The maximum Gasteiger partial charge on any atom is 0.311 e. The molecule has 5 nitrogen and oxygen atoms in total. The van der Waals surface area contributed by atoms with Gasteiger partial charge in [-0.05, 0) is 51.4 Å². The standard InChI is InChI=1S/C20H21ClFNO4S/c21-16-14(10-15(24)27-11-6-2-1-3-7-11)28-18(22)17(16)23-19(25)12-8-4-5-9-13(12)20(23)26/h11H,1-10H2. The molecule has 0 aromatic carbocycles. The molecular weight excluding hydrogens is 405 g/mol. The summed E-state index contributed by atoms with van der Waals surface area (Å²) in [6.45, 7) is 0. The highest BCUT2D eigenvalue weighted by atomic mass is 35.5. The van der Waals surface area contributed by atoms with E-state index in [1.165, 1.54) is 0 Å². The molecule has 4 rings (SSSR count). The van der Waals surface area contributed by atoms with Crippen LogP contribution in [0.1, 0.15) is 62.7 Å². The molecule has 8 heteroatoms. The van der Waals surface area contributed by atoms with Crippen molar-refractivity contribution in [1.29, 1.82) is 0 Å². The molecule has 0 N–H and O–H groups in total. The molecule has 0 saturated heterocycles. The number of imide groups is 1. The van der Waals surface area contributed by atoms with Crippen LogP contribution >= 0.6 is 22.9 Å². The van der Waals surface area contributed by atoms with Crippen LogP contribution in [0, 0.1) is 5.13 Å². The van der Waals surface area contributed by atoms with E-state index in [-0.39, 0.29) is 28.1 Å². The van der Waals surface area contributed by atoms with Crippen molar-refractivity contribution in [3.05, 3.63) is 26.2 Å². The van der Waals surface area contributed by atoms with Crippen molar-refractivity contribution in [3.8, 4) is 0 Å². The van der Waals surface area contributed by atoms with Crippen molar-refractivity contribution in [3.63, 3.8) is 0 Å². The summed E-state index contributed by atoms with van der Waals surface area (Å²) < 4.78 is 20.1. The van der Waals surface area contributed by atoms with E-state index in [1.807, 2.05) is 0 Å². The molecule has 1 saturated carbocycles. The summed E-state index contributed by atoms with van der Waals surface area (Å²) in [5, 5.41) is -0.781. The second-order valence-corrected chi connectivity index (χ2v) is 8.93. The third-order valence-electron chi connectivity index (χ3n) is 5.62. The zero-order valence-corrected chi connectivity index (χ0v) is 17.0. The molecule has 3 aliphatic rings. The molecule has 0 radical (unpaired) electrons. The van der Waals surface area contributed by atoms with Gasteiger partial charge >= 0.3 is 5.97 Å². The highest BCUT2D eigenvalue weighted by Crippen LogP contribution is 2.44. The van der Waals surface area contributed by atoms with Gasteiger partial charge < -0.3 is 4.74 Å². The summed E-state index contributed by atoms with van der Waals surface area (Å²) in [6.07, 6.45) is 7.38. The Bertz CT molecular complexity index is 844. The van der Waals surface area contributed by atoms with Gasteiger partial charge in [-0.15, -0.1) is 11.3 Å². The van der Waals surface area contributed by atoms with Gasteiger partial charge in [-0.25, -0.2) is 4.90 Å². The van der Waals surface area contributed by atoms with E-state index in [9.17, 15) is 18.8 Å². The van der Waals surface area contributed by atoms with Gasteiger partial charge in [-0.3, -0.25) is 14.4 Å². The van der Waals surface area contributed by atoms with Gasteiger partial charge in [-0.2, -0.15) is 4.39 Å². The number of nitrogens with zero attached hydrogens (tertiary/aromatic N) is 1. The minimum atomic E-state index is -0.730. The first-order valence-electron chi connectivity index (χ1n) is 9.74. The molecule has 150 valence electrons. The molecule has 2 amide bonds. The molecule has 2 heterocycles. The Balaban J connectivity index is 1.52. The number of rotatable bonds is 4. The van der Waals surface area contributed by atoms with E-state index in [0.29, 0.717) is 35.3 Å². The molecule has 1 fully saturated rings. The maximum atomic E-state index is 14.7. The van der Waals surface area contributed by atoms with Crippen LogP contribution in [-0.2, 0) is 25.5 Å². The number of esters is 1. The highest BCUT2D eigenvalue weighted by Gasteiger charge is 2.42. The van der Waals surface area contributed by atoms with E-state index >= 15 is 0 Å². The van der Waals surface area contributed by atoms with E-state index in [2.05, 4.69) is 0 Å². The summed E-state index contributed by atoms with van der Waals surface area (Å²) in [6, 6.07) is 0. The van der Waals surface area contributed by atoms with E-state index < -0.39 is 22.9 Å². The second kappa shape index (κ2) is 7.95. The highest BCUT2D eigenvalue weighted by molar-refractivity contribution is 7.11. The Morgan fingerprint density at radius 2 is 1.68 bits per heavy atom. The van der Waals surface area contributed by atoms with Crippen LogP contribution in [-0.4, -0.2) is 23.9 Å². The summed E-state index contributed by atoms with van der Waals surface area (Å²) in [5.41, 5.74) is 0.712. The van der Waals surface area contributed by atoms with Gasteiger partial charge in [0.25, 0.3) is 11.8 Å². The molecule has 0 spiro atoms. The summed E-state index contributed by atoms with van der Waals surface area (Å²) in [5.74, 6) is -1.44. The quantitative estimate of drug-likeness (QED) is 0.518. The van der Waals surface area contributed by atoms with Gasteiger partial charge in [0.2, 0.25) is 5.13 Å². The zero-order valence-electron chi connectivity index (χ0n) is 15.4. The molecule has 0 atom stereocenters. The predicted molar refractivity (Wildman–Crippen MR) is 104 cm³/mol. The predicted octanol–water partition coefficient (Wildman–Crippen LogP) is 4.70. The largest absolute Gasteiger partial charge is 0.462 e. The molecule has 2 aliphatic carbocycles. The number of halogens is 2. The lowest BCUT2D eigenvalue weighted by molar-refractivity contribution is -0.149. The van der Waals surface area contributed by atoms with Gasteiger partial charge in [-0.1, -0.05) is 18.0 Å². The first-order valence-corrected chi connectivity index (χ1v) is 10.9. The Kier molecular flexibility index (Phi) is 5.56. The monoisotopic (exact) mass is 425 g/mol.